The lowest BCUT2D eigenvalue weighted by atomic mass is 10.2. The van der Waals surface area contributed by atoms with Gasteiger partial charge in [0.1, 0.15) is 5.82 Å². The third-order valence-corrected chi connectivity index (χ3v) is 3.64. The van der Waals surface area contributed by atoms with Crippen molar-refractivity contribution in [3.63, 3.8) is 0 Å². The van der Waals surface area contributed by atoms with Crippen molar-refractivity contribution in [1.82, 2.24) is 4.98 Å². The molecule has 0 bridgehead atoms. The standard InChI is InChI=1S/C15H13IN2O/c1-11-13(16)8-9-14(17-11)18-15(19)10-7-12-5-3-2-4-6-12/h2-10H,1H3,(H,17,18,19)/b10-7+. The van der Waals surface area contributed by atoms with Gasteiger partial charge in [0.05, 0.1) is 5.69 Å². The van der Waals surface area contributed by atoms with Gasteiger partial charge in [-0.15, -0.1) is 0 Å². The quantitative estimate of drug-likeness (QED) is 0.668. The Morgan fingerprint density at radius 3 is 2.63 bits per heavy atom. The molecule has 1 amide bonds. The van der Waals surface area contributed by atoms with Crippen LogP contribution in [0.2, 0.25) is 0 Å². The Balaban J connectivity index is 2.01. The Morgan fingerprint density at radius 2 is 1.95 bits per heavy atom. The van der Waals surface area contributed by atoms with Crippen LogP contribution in [-0.2, 0) is 4.79 Å². The molecule has 0 aliphatic carbocycles. The van der Waals surface area contributed by atoms with Gasteiger partial charge in [-0.25, -0.2) is 4.98 Å². The first kappa shape index (κ1) is 13.7. The van der Waals surface area contributed by atoms with Gasteiger partial charge in [0.15, 0.2) is 0 Å². The number of aromatic nitrogens is 1. The maximum Gasteiger partial charge on any atom is 0.249 e. The van der Waals surface area contributed by atoms with Gasteiger partial charge in [-0.1, -0.05) is 30.3 Å². The zero-order chi connectivity index (χ0) is 13.7. The average Bonchev–Trinajstić information content (AvgIpc) is 2.42. The van der Waals surface area contributed by atoms with Crippen LogP contribution < -0.4 is 5.32 Å². The van der Waals surface area contributed by atoms with E-state index in [2.05, 4.69) is 32.9 Å². The zero-order valence-electron chi connectivity index (χ0n) is 10.4. The minimum Gasteiger partial charge on any atom is -0.307 e. The number of rotatable bonds is 3. The van der Waals surface area contributed by atoms with Crippen LogP contribution in [-0.4, -0.2) is 10.9 Å². The van der Waals surface area contributed by atoms with Crippen LogP contribution in [0.15, 0.2) is 48.5 Å². The Bertz CT molecular complexity index is 609. The van der Waals surface area contributed by atoms with Crippen molar-refractivity contribution in [3.05, 3.63) is 63.4 Å². The molecule has 0 spiro atoms. The molecule has 0 fully saturated rings. The first-order valence-electron chi connectivity index (χ1n) is 5.82. The predicted molar refractivity (Wildman–Crippen MR) is 85.8 cm³/mol. The van der Waals surface area contributed by atoms with E-state index in [1.165, 1.54) is 6.08 Å². The second kappa shape index (κ2) is 6.47. The fraction of sp³-hybridized carbons (Fsp3) is 0.0667. The molecule has 3 nitrogen and oxygen atoms in total. The Hall–Kier alpha value is -1.69. The second-order valence-electron chi connectivity index (χ2n) is 4.00. The lowest BCUT2D eigenvalue weighted by molar-refractivity contribution is -0.111. The summed E-state index contributed by atoms with van der Waals surface area (Å²) in [4.78, 5) is 16.0. The molecule has 0 saturated heterocycles. The number of aryl methyl sites for hydroxylation is 1. The first-order valence-corrected chi connectivity index (χ1v) is 6.90. The van der Waals surface area contributed by atoms with Gasteiger partial charge in [0.2, 0.25) is 5.91 Å². The number of nitrogens with zero attached hydrogens (tertiary/aromatic N) is 1. The monoisotopic (exact) mass is 364 g/mol. The van der Waals surface area contributed by atoms with Gasteiger partial charge in [0, 0.05) is 9.65 Å². The van der Waals surface area contributed by atoms with Gasteiger partial charge in [0.25, 0.3) is 0 Å². The van der Waals surface area contributed by atoms with E-state index in [-0.39, 0.29) is 5.91 Å². The summed E-state index contributed by atoms with van der Waals surface area (Å²) < 4.78 is 1.08. The third-order valence-electron chi connectivity index (χ3n) is 2.50. The van der Waals surface area contributed by atoms with Crippen LogP contribution in [0, 0.1) is 10.5 Å². The summed E-state index contributed by atoms with van der Waals surface area (Å²) in [6, 6.07) is 13.4. The maximum atomic E-state index is 11.7. The van der Waals surface area contributed by atoms with E-state index in [0.29, 0.717) is 5.82 Å². The molecule has 2 rings (SSSR count). The van der Waals surface area contributed by atoms with E-state index in [4.69, 9.17) is 0 Å². The van der Waals surface area contributed by atoms with E-state index >= 15 is 0 Å². The summed E-state index contributed by atoms with van der Waals surface area (Å²) >= 11 is 2.21. The van der Waals surface area contributed by atoms with Gasteiger partial charge < -0.3 is 5.32 Å². The van der Waals surface area contributed by atoms with Crippen LogP contribution in [0.25, 0.3) is 6.08 Å². The highest BCUT2D eigenvalue weighted by Crippen LogP contribution is 2.12. The number of carbonyl (C=O) groups excluding carboxylic acids is 1. The number of pyridine rings is 1. The molecular formula is C15H13IN2O. The molecule has 1 N–H and O–H groups in total. The lowest BCUT2D eigenvalue weighted by Crippen LogP contribution is -2.09. The summed E-state index contributed by atoms with van der Waals surface area (Å²) in [5.41, 5.74) is 1.90. The summed E-state index contributed by atoms with van der Waals surface area (Å²) in [6.45, 7) is 1.91. The number of hydrogen-bond acceptors (Lipinski definition) is 2. The molecule has 0 atom stereocenters. The molecule has 0 radical (unpaired) electrons. The summed E-state index contributed by atoms with van der Waals surface area (Å²) in [5.74, 6) is 0.387. The van der Waals surface area contributed by atoms with E-state index < -0.39 is 0 Å². The molecular weight excluding hydrogens is 351 g/mol. The van der Waals surface area contributed by atoms with Crippen LogP contribution in [0.1, 0.15) is 11.3 Å². The average molecular weight is 364 g/mol. The number of benzene rings is 1. The molecule has 0 aliphatic heterocycles. The highest BCUT2D eigenvalue weighted by atomic mass is 127. The van der Waals surface area contributed by atoms with Gasteiger partial charge >= 0.3 is 0 Å². The summed E-state index contributed by atoms with van der Waals surface area (Å²) in [5, 5.41) is 2.74. The van der Waals surface area contributed by atoms with Crippen molar-refractivity contribution in [3.8, 4) is 0 Å². The minimum atomic E-state index is -0.183. The van der Waals surface area contributed by atoms with Crippen molar-refractivity contribution < 1.29 is 4.79 Å². The van der Waals surface area contributed by atoms with E-state index in [0.717, 1.165) is 14.8 Å². The highest BCUT2D eigenvalue weighted by Gasteiger charge is 2.01. The number of anilines is 1. The SMILES string of the molecule is Cc1nc(NC(=O)/C=C/c2ccccc2)ccc1I. The Kier molecular flexibility index (Phi) is 4.68. The zero-order valence-corrected chi connectivity index (χ0v) is 12.6. The molecule has 2 aromatic rings. The normalized spacial score (nSPS) is 10.6. The van der Waals surface area contributed by atoms with Gasteiger partial charge in [-0.2, -0.15) is 0 Å². The fourth-order valence-electron chi connectivity index (χ4n) is 1.52. The molecule has 19 heavy (non-hydrogen) atoms. The molecule has 0 unspecified atom stereocenters. The van der Waals surface area contributed by atoms with Crippen LogP contribution in [0.4, 0.5) is 5.82 Å². The molecule has 4 heteroatoms. The number of hydrogen-bond donors (Lipinski definition) is 1. The number of nitrogens with one attached hydrogen (secondary N) is 1. The maximum absolute atomic E-state index is 11.7. The van der Waals surface area contributed by atoms with E-state index in [1.807, 2.05) is 43.3 Å². The van der Waals surface area contributed by atoms with E-state index in [9.17, 15) is 4.79 Å². The first-order chi connectivity index (χ1) is 9.15. The van der Waals surface area contributed by atoms with Gasteiger partial charge in [-0.05, 0) is 53.3 Å². The van der Waals surface area contributed by atoms with Crippen molar-refractivity contribution in [2.45, 2.75) is 6.92 Å². The third kappa shape index (κ3) is 4.17. The fourth-order valence-corrected chi connectivity index (χ4v) is 1.82. The Morgan fingerprint density at radius 1 is 1.21 bits per heavy atom. The van der Waals surface area contributed by atoms with Crippen LogP contribution >= 0.6 is 22.6 Å². The number of halogens is 1. The smallest absolute Gasteiger partial charge is 0.249 e. The topological polar surface area (TPSA) is 42.0 Å². The number of carbonyl (C=O) groups is 1. The highest BCUT2D eigenvalue weighted by molar-refractivity contribution is 14.1. The molecule has 1 heterocycles. The Labute approximate surface area is 125 Å². The van der Waals surface area contributed by atoms with Crippen LogP contribution in [0.5, 0.6) is 0 Å². The van der Waals surface area contributed by atoms with Crippen LogP contribution in [0.3, 0.4) is 0 Å². The van der Waals surface area contributed by atoms with Crippen molar-refractivity contribution in [1.29, 1.82) is 0 Å². The van der Waals surface area contributed by atoms with Gasteiger partial charge in [-0.3, -0.25) is 4.79 Å². The lowest BCUT2D eigenvalue weighted by Gasteiger charge is -2.03. The molecule has 0 saturated carbocycles. The molecule has 1 aromatic heterocycles. The largest absolute Gasteiger partial charge is 0.307 e. The van der Waals surface area contributed by atoms with Crippen molar-refractivity contribution >= 4 is 40.4 Å². The summed E-state index contributed by atoms with van der Waals surface area (Å²) in [6.07, 6.45) is 3.28. The molecule has 1 aromatic carbocycles. The van der Waals surface area contributed by atoms with E-state index in [1.54, 1.807) is 12.1 Å². The summed E-state index contributed by atoms with van der Waals surface area (Å²) in [7, 11) is 0. The van der Waals surface area contributed by atoms with Crippen molar-refractivity contribution in [2.75, 3.05) is 5.32 Å². The second-order valence-corrected chi connectivity index (χ2v) is 5.16. The molecule has 96 valence electrons. The predicted octanol–water partition coefficient (Wildman–Crippen LogP) is 3.65. The van der Waals surface area contributed by atoms with Crippen molar-refractivity contribution in [2.24, 2.45) is 0 Å². The minimum absolute atomic E-state index is 0.183. The molecule has 0 aliphatic rings. The number of amides is 1.